The zero-order valence-corrected chi connectivity index (χ0v) is 16.9. The molecule has 1 aliphatic heterocycles. The third-order valence-electron chi connectivity index (χ3n) is 5.27. The summed E-state index contributed by atoms with van der Waals surface area (Å²) in [5, 5.41) is 0.718. The van der Waals surface area contributed by atoms with Crippen molar-refractivity contribution in [3.63, 3.8) is 0 Å². The Hall–Kier alpha value is -1.77. The summed E-state index contributed by atoms with van der Waals surface area (Å²) in [7, 11) is 3.57. The molecule has 2 aromatic rings. The second kappa shape index (κ2) is 7.46. The Labute approximate surface area is 157 Å². The summed E-state index contributed by atoms with van der Waals surface area (Å²) >= 11 is 1.58. The van der Waals surface area contributed by atoms with Crippen molar-refractivity contribution < 1.29 is 4.79 Å². The molecule has 1 saturated heterocycles. The second-order valence-corrected chi connectivity index (χ2v) is 8.39. The number of nitrogens with one attached hydrogen (secondary N) is 1. The van der Waals surface area contributed by atoms with Crippen LogP contribution in [0.5, 0.6) is 0 Å². The smallest absolute Gasteiger partial charge is 0.259 e. The lowest BCUT2D eigenvalue weighted by Gasteiger charge is -2.37. The number of fused-ring (bicyclic) bond motifs is 1. The van der Waals surface area contributed by atoms with Crippen LogP contribution in [0.25, 0.3) is 10.2 Å². The van der Waals surface area contributed by atoms with E-state index in [-0.39, 0.29) is 17.5 Å². The Morgan fingerprint density at radius 3 is 2.54 bits per heavy atom. The fraction of sp³-hybridized carbons (Fsp3) is 0.611. The van der Waals surface area contributed by atoms with Gasteiger partial charge in [-0.25, -0.2) is 4.98 Å². The summed E-state index contributed by atoms with van der Waals surface area (Å²) < 4.78 is 0. The molecular formula is C18H27N5O2S. The molecule has 0 spiro atoms. The van der Waals surface area contributed by atoms with Crippen molar-refractivity contribution in [2.45, 2.75) is 26.8 Å². The van der Waals surface area contributed by atoms with E-state index >= 15 is 0 Å². The molecule has 0 radical (unpaired) electrons. The van der Waals surface area contributed by atoms with Gasteiger partial charge in [-0.05, 0) is 26.3 Å². The molecule has 0 aromatic carbocycles. The molecule has 3 rings (SSSR count). The van der Waals surface area contributed by atoms with Crippen LogP contribution in [0.15, 0.2) is 4.79 Å². The van der Waals surface area contributed by atoms with E-state index in [0.717, 1.165) is 52.7 Å². The lowest BCUT2D eigenvalue weighted by Crippen LogP contribution is -2.50. The summed E-state index contributed by atoms with van der Waals surface area (Å²) in [6, 6.07) is 0.0431. The Morgan fingerprint density at radius 1 is 1.27 bits per heavy atom. The van der Waals surface area contributed by atoms with Crippen molar-refractivity contribution in [2.75, 3.05) is 46.8 Å². The maximum atomic E-state index is 12.5. The average Bonchev–Trinajstić information content (AvgIpc) is 2.89. The fourth-order valence-electron chi connectivity index (χ4n) is 3.28. The van der Waals surface area contributed by atoms with E-state index in [1.54, 1.807) is 30.3 Å². The summed E-state index contributed by atoms with van der Waals surface area (Å²) in [6.45, 7) is 9.93. The number of carbonyl (C=O) groups is 1. The topological polar surface area (TPSA) is 72.5 Å². The number of nitrogens with zero attached hydrogens (tertiary/aromatic N) is 4. The molecule has 0 aliphatic carbocycles. The van der Waals surface area contributed by atoms with Gasteiger partial charge in [0.25, 0.3) is 5.56 Å². The third kappa shape index (κ3) is 3.67. The molecule has 142 valence electrons. The molecule has 8 heteroatoms. The minimum atomic E-state index is -0.0473. The highest BCUT2D eigenvalue weighted by molar-refractivity contribution is 7.18. The van der Waals surface area contributed by atoms with E-state index in [0.29, 0.717) is 6.54 Å². The summed E-state index contributed by atoms with van der Waals surface area (Å²) in [6.07, 6.45) is 0. The molecular weight excluding hydrogens is 350 g/mol. The number of H-pyrrole nitrogens is 1. The number of hydrogen-bond acceptors (Lipinski definition) is 6. The van der Waals surface area contributed by atoms with Gasteiger partial charge in [0, 0.05) is 45.2 Å². The summed E-state index contributed by atoms with van der Waals surface area (Å²) in [5.74, 6) is 0.855. The highest BCUT2D eigenvalue weighted by Gasteiger charge is 2.25. The lowest BCUT2D eigenvalue weighted by atomic mass is 10.2. The number of rotatable bonds is 4. The molecule has 2 aromatic heterocycles. The summed E-state index contributed by atoms with van der Waals surface area (Å²) in [5.41, 5.74) is 0.978. The van der Waals surface area contributed by atoms with Crippen LogP contribution in [0.2, 0.25) is 0 Å². The van der Waals surface area contributed by atoms with Crippen molar-refractivity contribution in [1.82, 2.24) is 24.7 Å². The first-order chi connectivity index (χ1) is 12.3. The van der Waals surface area contributed by atoms with Gasteiger partial charge in [0.15, 0.2) is 0 Å². The third-order valence-corrected chi connectivity index (χ3v) is 6.37. The number of aryl methyl sites for hydroxylation is 2. The number of carbonyl (C=O) groups excluding carboxylic acids is 1. The minimum Gasteiger partial charge on any atom is -0.348 e. The summed E-state index contributed by atoms with van der Waals surface area (Å²) in [4.78, 5) is 40.2. The Bertz CT molecular complexity index is 864. The van der Waals surface area contributed by atoms with Gasteiger partial charge in [-0.1, -0.05) is 0 Å². The first kappa shape index (κ1) is 19.0. The standard InChI is InChI=1S/C18H27N5O2S/c1-11-13(3)26-18-15(11)17(25)19-16(20-18)12(2)23-8-6-22(7-9-23)10-14(24)21(4)5/h12H,6-10H2,1-5H3,(H,19,20,25)/t12-/m0/s1. The second-order valence-electron chi connectivity index (χ2n) is 7.19. The van der Waals surface area contributed by atoms with Crippen molar-refractivity contribution in [3.8, 4) is 0 Å². The quantitative estimate of drug-likeness (QED) is 0.871. The fourth-order valence-corrected chi connectivity index (χ4v) is 4.32. The van der Waals surface area contributed by atoms with E-state index in [1.807, 2.05) is 13.8 Å². The molecule has 1 N–H and O–H groups in total. The van der Waals surface area contributed by atoms with Crippen LogP contribution < -0.4 is 5.56 Å². The molecule has 0 saturated carbocycles. The van der Waals surface area contributed by atoms with Crippen molar-refractivity contribution in [2.24, 2.45) is 0 Å². The van der Waals surface area contributed by atoms with Gasteiger partial charge in [-0.2, -0.15) is 0 Å². The molecule has 1 aliphatic rings. The number of thiophene rings is 1. The minimum absolute atomic E-state index is 0.0431. The molecule has 0 unspecified atom stereocenters. The SMILES string of the molecule is Cc1sc2nc([C@H](C)N3CCN(CC(=O)N(C)C)CC3)[nH]c(=O)c2c1C. The zero-order chi connectivity index (χ0) is 19.0. The van der Waals surface area contributed by atoms with Crippen LogP contribution in [0.1, 0.15) is 29.2 Å². The molecule has 1 atom stereocenters. The molecule has 26 heavy (non-hydrogen) atoms. The van der Waals surface area contributed by atoms with Gasteiger partial charge in [0.2, 0.25) is 5.91 Å². The first-order valence-electron chi connectivity index (χ1n) is 8.94. The number of likely N-dealkylation sites (N-methyl/N-ethyl adjacent to an activating group) is 1. The van der Waals surface area contributed by atoms with Crippen LogP contribution in [0.4, 0.5) is 0 Å². The van der Waals surface area contributed by atoms with E-state index in [4.69, 9.17) is 4.98 Å². The van der Waals surface area contributed by atoms with Crippen LogP contribution in [0.3, 0.4) is 0 Å². The van der Waals surface area contributed by atoms with Gasteiger partial charge in [-0.3, -0.25) is 19.4 Å². The molecule has 7 nitrogen and oxygen atoms in total. The Morgan fingerprint density at radius 2 is 1.92 bits per heavy atom. The Balaban J connectivity index is 1.71. The zero-order valence-electron chi connectivity index (χ0n) is 16.1. The van der Waals surface area contributed by atoms with E-state index in [2.05, 4.69) is 21.7 Å². The first-order valence-corrected chi connectivity index (χ1v) is 9.76. The van der Waals surface area contributed by atoms with Gasteiger partial charge in [0.1, 0.15) is 10.7 Å². The lowest BCUT2D eigenvalue weighted by molar-refractivity contribution is -0.130. The maximum Gasteiger partial charge on any atom is 0.259 e. The monoisotopic (exact) mass is 377 g/mol. The predicted molar refractivity (Wildman–Crippen MR) is 105 cm³/mol. The van der Waals surface area contributed by atoms with Crippen molar-refractivity contribution in [3.05, 3.63) is 26.6 Å². The van der Waals surface area contributed by atoms with E-state index in [9.17, 15) is 9.59 Å². The van der Waals surface area contributed by atoms with E-state index < -0.39 is 0 Å². The number of aromatic nitrogens is 2. The Kier molecular flexibility index (Phi) is 5.45. The van der Waals surface area contributed by atoms with Gasteiger partial charge < -0.3 is 9.88 Å². The number of hydrogen-bond donors (Lipinski definition) is 1. The highest BCUT2D eigenvalue weighted by atomic mass is 32.1. The highest BCUT2D eigenvalue weighted by Crippen LogP contribution is 2.27. The number of amides is 1. The van der Waals surface area contributed by atoms with E-state index in [1.165, 1.54) is 0 Å². The molecule has 0 bridgehead atoms. The van der Waals surface area contributed by atoms with Gasteiger partial charge in [0.05, 0.1) is 18.0 Å². The normalized spacial score (nSPS) is 17.6. The van der Waals surface area contributed by atoms with Gasteiger partial charge in [-0.15, -0.1) is 11.3 Å². The largest absolute Gasteiger partial charge is 0.348 e. The predicted octanol–water partition coefficient (Wildman–Crippen LogP) is 1.37. The number of piperazine rings is 1. The van der Waals surface area contributed by atoms with Crippen LogP contribution >= 0.6 is 11.3 Å². The number of aromatic amines is 1. The van der Waals surface area contributed by atoms with Gasteiger partial charge >= 0.3 is 0 Å². The molecule has 1 amide bonds. The van der Waals surface area contributed by atoms with Crippen LogP contribution in [0, 0.1) is 13.8 Å². The molecule has 3 heterocycles. The van der Waals surface area contributed by atoms with Crippen molar-refractivity contribution in [1.29, 1.82) is 0 Å². The maximum absolute atomic E-state index is 12.5. The van der Waals surface area contributed by atoms with Crippen LogP contribution in [-0.2, 0) is 4.79 Å². The van der Waals surface area contributed by atoms with Crippen LogP contribution in [-0.4, -0.2) is 77.4 Å². The average molecular weight is 378 g/mol. The van der Waals surface area contributed by atoms with Crippen molar-refractivity contribution >= 4 is 27.5 Å². The molecule has 1 fully saturated rings.